The Morgan fingerprint density at radius 2 is 2.00 bits per heavy atom. The summed E-state index contributed by atoms with van der Waals surface area (Å²) in [5, 5.41) is 18.6. The number of hydrogen-bond acceptors (Lipinski definition) is 8. The Hall–Kier alpha value is -2.22. The second-order valence-corrected chi connectivity index (χ2v) is 8.59. The molecule has 0 saturated carbocycles. The van der Waals surface area contributed by atoms with E-state index in [2.05, 4.69) is 15.5 Å². The zero-order valence-electron chi connectivity index (χ0n) is 12.7. The minimum Gasteiger partial charge on any atom is -0.296 e. The lowest BCUT2D eigenvalue weighted by Gasteiger charge is -2.00. The molecule has 0 atom stereocenters. The number of carbonyl (C=O) groups excluding carboxylic acids is 1. The number of carbonyl (C=O) groups is 1. The van der Waals surface area contributed by atoms with Crippen LogP contribution in [0.2, 0.25) is 0 Å². The molecule has 0 radical (unpaired) electrons. The number of nitrogens with one attached hydrogen (secondary N) is 1. The van der Waals surface area contributed by atoms with Crippen molar-refractivity contribution in [1.82, 2.24) is 10.2 Å². The van der Waals surface area contributed by atoms with Crippen LogP contribution in [0.4, 0.5) is 5.13 Å². The quantitative estimate of drug-likeness (QED) is 0.366. The van der Waals surface area contributed by atoms with Gasteiger partial charge in [0, 0.05) is 11.2 Å². The number of nitriles is 1. The molecule has 24 heavy (non-hydrogen) atoms. The van der Waals surface area contributed by atoms with Crippen LogP contribution in [0.25, 0.3) is 6.08 Å². The van der Waals surface area contributed by atoms with Crippen molar-refractivity contribution in [3.8, 4) is 6.07 Å². The lowest BCUT2D eigenvalue weighted by molar-refractivity contribution is -0.112. The van der Waals surface area contributed by atoms with Gasteiger partial charge in [-0.15, -0.1) is 22.0 Å². The molecular formula is C14H12N4O3S3. The van der Waals surface area contributed by atoms with E-state index in [9.17, 15) is 13.2 Å². The highest BCUT2D eigenvalue weighted by atomic mass is 32.2. The lowest BCUT2D eigenvalue weighted by Crippen LogP contribution is -2.13. The zero-order valence-corrected chi connectivity index (χ0v) is 15.1. The molecule has 10 heteroatoms. The molecule has 1 aromatic carbocycles. The summed E-state index contributed by atoms with van der Waals surface area (Å²) in [7, 11) is -3.49. The number of thioether (sulfide) groups is 1. The normalized spacial score (nSPS) is 11.8. The predicted octanol–water partition coefficient (Wildman–Crippen LogP) is 2.21. The fraction of sp³-hybridized carbons (Fsp3) is 0.143. The first kappa shape index (κ1) is 18.1. The number of hydrogen-bond donors (Lipinski definition) is 1. The Morgan fingerprint density at radius 1 is 1.33 bits per heavy atom. The van der Waals surface area contributed by atoms with E-state index >= 15 is 0 Å². The van der Waals surface area contributed by atoms with Crippen molar-refractivity contribution < 1.29 is 13.2 Å². The van der Waals surface area contributed by atoms with Crippen LogP contribution in [0.3, 0.4) is 0 Å². The Balaban J connectivity index is 2.18. The van der Waals surface area contributed by atoms with Crippen molar-refractivity contribution in [2.45, 2.75) is 9.24 Å². The Kier molecular flexibility index (Phi) is 5.71. The topological polar surface area (TPSA) is 113 Å². The van der Waals surface area contributed by atoms with Crippen LogP contribution >= 0.6 is 23.1 Å². The van der Waals surface area contributed by atoms with E-state index in [1.807, 2.05) is 24.5 Å². The molecule has 0 bridgehead atoms. The molecule has 0 aliphatic carbocycles. The molecule has 2 aromatic rings. The average Bonchev–Trinajstić information content (AvgIpc) is 3.01. The van der Waals surface area contributed by atoms with Crippen LogP contribution in [0, 0.1) is 11.3 Å². The van der Waals surface area contributed by atoms with E-state index in [1.165, 1.54) is 6.08 Å². The molecule has 0 unspecified atom stereocenters. The second-order valence-electron chi connectivity index (χ2n) is 4.54. The van der Waals surface area contributed by atoms with E-state index in [4.69, 9.17) is 5.26 Å². The number of nitrogens with zero attached hydrogens (tertiary/aromatic N) is 3. The highest BCUT2D eigenvalue weighted by Gasteiger charge is 2.17. The molecule has 0 fully saturated rings. The van der Waals surface area contributed by atoms with Gasteiger partial charge >= 0.3 is 0 Å². The second kappa shape index (κ2) is 7.57. The maximum Gasteiger partial charge on any atom is 0.268 e. The van der Waals surface area contributed by atoms with Crippen LogP contribution in [-0.4, -0.2) is 37.0 Å². The molecule has 0 aliphatic rings. The van der Waals surface area contributed by atoms with E-state index in [1.54, 1.807) is 23.9 Å². The molecule has 0 spiro atoms. The first-order chi connectivity index (χ1) is 11.3. The summed E-state index contributed by atoms with van der Waals surface area (Å²) >= 11 is 2.31. The number of anilines is 1. The summed E-state index contributed by atoms with van der Waals surface area (Å²) in [5.74, 6) is -0.678. The van der Waals surface area contributed by atoms with Crippen molar-refractivity contribution in [2.24, 2.45) is 0 Å². The van der Waals surface area contributed by atoms with Gasteiger partial charge in [-0.05, 0) is 30.0 Å². The van der Waals surface area contributed by atoms with Crippen LogP contribution < -0.4 is 5.32 Å². The summed E-state index contributed by atoms with van der Waals surface area (Å²) < 4.78 is 22.5. The Labute approximate surface area is 147 Å². The molecule has 1 heterocycles. The number of rotatable bonds is 5. The highest BCUT2D eigenvalue weighted by Crippen LogP contribution is 2.21. The molecule has 2 rings (SSSR count). The van der Waals surface area contributed by atoms with Gasteiger partial charge < -0.3 is 0 Å². The van der Waals surface area contributed by atoms with Gasteiger partial charge in [0.05, 0.1) is 0 Å². The van der Waals surface area contributed by atoms with E-state index in [0.29, 0.717) is 5.56 Å². The zero-order chi connectivity index (χ0) is 17.7. The van der Waals surface area contributed by atoms with Crippen LogP contribution in [0.1, 0.15) is 5.56 Å². The van der Waals surface area contributed by atoms with Gasteiger partial charge in [-0.25, -0.2) is 8.42 Å². The minimum atomic E-state index is -3.49. The standard InChI is InChI=1S/C14H12N4O3S3/c1-22-11-5-3-9(4-6-11)7-10(8-15)12(19)16-13-17-18-14(23-13)24(2,20)21/h3-7H,1-2H3,(H,16,17,19). The van der Waals surface area contributed by atoms with Crippen molar-refractivity contribution in [3.05, 3.63) is 35.4 Å². The predicted molar refractivity (Wildman–Crippen MR) is 93.5 cm³/mol. The maximum atomic E-state index is 12.1. The lowest BCUT2D eigenvalue weighted by atomic mass is 10.1. The summed E-state index contributed by atoms with van der Waals surface area (Å²) in [6.07, 6.45) is 4.39. The molecule has 124 valence electrons. The van der Waals surface area contributed by atoms with Crippen molar-refractivity contribution in [3.63, 3.8) is 0 Å². The molecule has 0 aliphatic heterocycles. The van der Waals surface area contributed by atoms with Gasteiger partial charge in [0.1, 0.15) is 11.6 Å². The van der Waals surface area contributed by atoms with Crippen LogP contribution in [-0.2, 0) is 14.6 Å². The fourth-order valence-corrected chi connectivity index (χ4v) is 3.50. The first-order valence-electron chi connectivity index (χ1n) is 6.44. The highest BCUT2D eigenvalue weighted by molar-refractivity contribution is 7.98. The van der Waals surface area contributed by atoms with Gasteiger partial charge in [0.25, 0.3) is 5.91 Å². The fourth-order valence-electron chi connectivity index (χ4n) is 1.59. The van der Waals surface area contributed by atoms with Crippen LogP contribution in [0.15, 0.2) is 39.1 Å². The molecule has 7 nitrogen and oxygen atoms in total. The Morgan fingerprint density at radius 3 is 2.50 bits per heavy atom. The molecule has 1 N–H and O–H groups in total. The first-order valence-corrected chi connectivity index (χ1v) is 10.4. The van der Waals surface area contributed by atoms with E-state index in [0.717, 1.165) is 22.5 Å². The van der Waals surface area contributed by atoms with Gasteiger partial charge in [-0.2, -0.15) is 5.26 Å². The molecule has 1 aromatic heterocycles. The molecular weight excluding hydrogens is 368 g/mol. The summed E-state index contributed by atoms with van der Waals surface area (Å²) in [4.78, 5) is 13.2. The van der Waals surface area contributed by atoms with Crippen molar-refractivity contribution >= 4 is 50.1 Å². The summed E-state index contributed by atoms with van der Waals surface area (Å²) in [5.41, 5.74) is 0.580. The van der Waals surface area contributed by atoms with Gasteiger partial charge in [-0.3, -0.25) is 10.1 Å². The third-order valence-corrected chi connectivity index (χ3v) is 5.99. The summed E-state index contributed by atoms with van der Waals surface area (Å²) in [6, 6.07) is 9.17. The number of aromatic nitrogens is 2. The monoisotopic (exact) mass is 380 g/mol. The average molecular weight is 380 g/mol. The maximum absolute atomic E-state index is 12.1. The van der Waals surface area contributed by atoms with E-state index in [-0.39, 0.29) is 15.0 Å². The molecule has 1 amide bonds. The van der Waals surface area contributed by atoms with Gasteiger partial charge in [-0.1, -0.05) is 23.5 Å². The van der Waals surface area contributed by atoms with E-state index < -0.39 is 15.7 Å². The smallest absolute Gasteiger partial charge is 0.268 e. The van der Waals surface area contributed by atoms with Crippen molar-refractivity contribution in [1.29, 1.82) is 5.26 Å². The van der Waals surface area contributed by atoms with Crippen LogP contribution in [0.5, 0.6) is 0 Å². The van der Waals surface area contributed by atoms with Gasteiger partial charge in [0.2, 0.25) is 19.3 Å². The third kappa shape index (κ3) is 4.64. The van der Waals surface area contributed by atoms with Gasteiger partial charge in [0.15, 0.2) is 0 Å². The van der Waals surface area contributed by atoms with Crippen molar-refractivity contribution in [2.75, 3.05) is 17.8 Å². The Bertz CT molecular complexity index is 925. The minimum absolute atomic E-state index is 0.0132. The number of amides is 1. The largest absolute Gasteiger partial charge is 0.296 e. The SMILES string of the molecule is CSc1ccc(C=C(C#N)C(=O)Nc2nnc(S(C)(=O)=O)s2)cc1. The number of sulfone groups is 1. The number of benzene rings is 1. The molecule has 0 saturated heterocycles. The third-order valence-electron chi connectivity index (χ3n) is 2.74. The summed E-state index contributed by atoms with van der Waals surface area (Å²) in [6.45, 7) is 0.